The Morgan fingerprint density at radius 3 is 2.88 bits per heavy atom. The Balaban J connectivity index is 1.75. The van der Waals surface area contributed by atoms with Gasteiger partial charge < -0.3 is 15.8 Å². The Labute approximate surface area is 147 Å². The van der Waals surface area contributed by atoms with Crippen molar-refractivity contribution in [3.63, 3.8) is 0 Å². The van der Waals surface area contributed by atoms with E-state index < -0.39 is 15.9 Å². The highest BCUT2D eigenvalue weighted by molar-refractivity contribution is 5.89. The van der Waals surface area contributed by atoms with E-state index in [2.05, 4.69) is 5.32 Å². The topological polar surface area (TPSA) is 107 Å². The van der Waals surface area contributed by atoms with Crippen molar-refractivity contribution in [1.29, 1.82) is 0 Å². The van der Waals surface area contributed by atoms with Gasteiger partial charge in [0.25, 0.3) is 5.69 Å². The predicted octanol–water partition coefficient (Wildman–Crippen LogP) is 2.05. The fraction of sp³-hybridized carbons (Fsp3) is 0.611. The van der Waals surface area contributed by atoms with Crippen LogP contribution in [-0.2, 0) is 16.1 Å². The molecule has 7 heteroatoms. The van der Waals surface area contributed by atoms with E-state index >= 15 is 0 Å². The number of hydrogen-bond donors (Lipinski definition) is 2. The zero-order chi connectivity index (χ0) is 18.4. The second-order valence-electron chi connectivity index (χ2n) is 7.63. The molecule has 1 amide bonds. The molecule has 1 saturated carbocycles. The van der Waals surface area contributed by atoms with Crippen LogP contribution in [0.4, 0.5) is 5.69 Å². The van der Waals surface area contributed by atoms with E-state index in [0.29, 0.717) is 5.56 Å². The van der Waals surface area contributed by atoms with Gasteiger partial charge in [0, 0.05) is 36.1 Å². The Morgan fingerprint density at radius 1 is 1.48 bits per heavy atom. The van der Waals surface area contributed by atoms with Crippen LogP contribution in [-0.4, -0.2) is 29.1 Å². The Kier molecular flexibility index (Phi) is 4.33. The molecule has 2 aliphatic rings. The van der Waals surface area contributed by atoms with Crippen LogP contribution in [0.3, 0.4) is 0 Å². The highest BCUT2D eigenvalue weighted by Gasteiger charge is 2.70. The van der Waals surface area contributed by atoms with Crippen LogP contribution in [0.15, 0.2) is 18.2 Å². The van der Waals surface area contributed by atoms with E-state index in [1.54, 1.807) is 19.1 Å². The van der Waals surface area contributed by atoms with Crippen molar-refractivity contribution in [2.75, 3.05) is 6.61 Å². The average Bonchev–Trinajstić information content (AvgIpc) is 2.59. The van der Waals surface area contributed by atoms with Crippen LogP contribution in [0.1, 0.15) is 37.8 Å². The number of fused-ring (bicyclic) bond motifs is 1. The molecule has 3 unspecified atom stereocenters. The quantitative estimate of drug-likeness (QED) is 0.640. The van der Waals surface area contributed by atoms with Crippen molar-refractivity contribution in [1.82, 2.24) is 5.32 Å². The summed E-state index contributed by atoms with van der Waals surface area (Å²) in [6, 6.07) is 4.87. The SMILES string of the molecule is Cc1c(CNC(=O)C2(N)C3CCCOC3C2(C)C)cccc1[N+](=O)[O-]. The predicted molar refractivity (Wildman–Crippen MR) is 92.8 cm³/mol. The second kappa shape index (κ2) is 6.07. The minimum Gasteiger partial charge on any atom is -0.377 e. The first-order valence-corrected chi connectivity index (χ1v) is 8.63. The molecular weight excluding hydrogens is 322 g/mol. The largest absolute Gasteiger partial charge is 0.377 e. The standard InChI is InChI=1S/C18H25N3O4/c1-11-12(6-4-8-14(11)21(23)24)10-20-16(22)18(19)13-7-5-9-25-15(13)17(18,2)3/h4,6,8,13,15H,5,7,9-10,19H2,1-3H3,(H,20,22). The van der Waals surface area contributed by atoms with Crippen molar-refractivity contribution >= 4 is 11.6 Å². The molecule has 0 bridgehead atoms. The first kappa shape index (κ1) is 17.8. The van der Waals surface area contributed by atoms with Gasteiger partial charge in [-0.3, -0.25) is 14.9 Å². The number of carbonyl (C=O) groups excluding carboxylic acids is 1. The summed E-state index contributed by atoms with van der Waals surface area (Å²) in [6.07, 6.45) is 1.80. The van der Waals surface area contributed by atoms with Crippen LogP contribution in [0.5, 0.6) is 0 Å². The van der Waals surface area contributed by atoms with Gasteiger partial charge in [-0.25, -0.2) is 0 Å². The summed E-state index contributed by atoms with van der Waals surface area (Å²) in [7, 11) is 0. The lowest BCUT2D eigenvalue weighted by molar-refractivity contribution is -0.385. The van der Waals surface area contributed by atoms with E-state index in [0.717, 1.165) is 25.0 Å². The van der Waals surface area contributed by atoms with Gasteiger partial charge in [0.15, 0.2) is 0 Å². The summed E-state index contributed by atoms with van der Waals surface area (Å²) in [5.41, 5.74) is 6.47. The minimum absolute atomic E-state index is 0.0107. The molecule has 1 aromatic carbocycles. The van der Waals surface area contributed by atoms with E-state index in [9.17, 15) is 14.9 Å². The van der Waals surface area contributed by atoms with E-state index in [1.165, 1.54) is 6.07 Å². The molecule has 1 aliphatic carbocycles. The molecule has 7 nitrogen and oxygen atoms in total. The van der Waals surface area contributed by atoms with Gasteiger partial charge in [-0.15, -0.1) is 0 Å². The summed E-state index contributed by atoms with van der Waals surface area (Å²) >= 11 is 0. The maximum Gasteiger partial charge on any atom is 0.272 e. The highest BCUT2D eigenvalue weighted by Crippen LogP contribution is 2.57. The molecule has 0 radical (unpaired) electrons. The van der Waals surface area contributed by atoms with Gasteiger partial charge in [0.1, 0.15) is 5.54 Å². The monoisotopic (exact) mass is 347 g/mol. The third-order valence-corrected chi connectivity index (χ3v) is 6.11. The van der Waals surface area contributed by atoms with Crippen LogP contribution in [0, 0.1) is 28.4 Å². The number of carbonyl (C=O) groups is 1. The van der Waals surface area contributed by atoms with Gasteiger partial charge in [0.2, 0.25) is 5.91 Å². The Bertz CT molecular complexity index is 718. The second-order valence-corrected chi connectivity index (χ2v) is 7.63. The van der Waals surface area contributed by atoms with E-state index in [1.807, 2.05) is 13.8 Å². The van der Waals surface area contributed by atoms with Crippen molar-refractivity contribution < 1.29 is 14.5 Å². The summed E-state index contributed by atoms with van der Waals surface area (Å²) < 4.78 is 5.83. The number of rotatable bonds is 4. The molecule has 1 heterocycles. The molecule has 0 spiro atoms. The lowest BCUT2D eigenvalue weighted by Crippen LogP contribution is -2.82. The van der Waals surface area contributed by atoms with Crippen LogP contribution in [0.2, 0.25) is 0 Å². The number of hydrogen-bond acceptors (Lipinski definition) is 5. The highest BCUT2D eigenvalue weighted by atomic mass is 16.6. The maximum absolute atomic E-state index is 12.9. The summed E-state index contributed by atoms with van der Waals surface area (Å²) in [5.74, 6) is -0.197. The van der Waals surface area contributed by atoms with Crippen molar-refractivity contribution in [2.45, 2.75) is 51.8 Å². The normalized spacial score (nSPS) is 30.1. The number of nitrogens with one attached hydrogen (secondary N) is 1. The maximum atomic E-state index is 12.9. The molecule has 2 fully saturated rings. The first-order chi connectivity index (χ1) is 11.7. The minimum atomic E-state index is -0.979. The number of nitro groups is 1. The molecular formula is C18H25N3O4. The van der Waals surface area contributed by atoms with E-state index in [4.69, 9.17) is 10.5 Å². The Morgan fingerprint density at radius 2 is 2.20 bits per heavy atom. The fourth-order valence-electron chi connectivity index (χ4n) is 4.42. The number of nitrogens with zero attached hydrogens (tertiary/aromatic N) is 1. The van der Waals surface area contributed by atoms with Crippen molar-refractivity contribution in [3.05, 3.63) is 39.4 Å². The van der Waals surface area contributed by atoms with Gasteiger partial charge >= 0.3 is 0 Å². The lowest BCUT2D eigenvalue weighted by atomic mass is 9.46. The summed E-state index contributed by atoms with van der Waals surface area (Å²) in [6.45, 7) is 6.57. The molecule has 0 aromatic heterocycles. The van der Waals surface area contributed by atoms with Crippen molar-refractivity contribution in [2.24, 2.45) is 17.1 Å². The van der Waals surface area contributed by atoms with Crippen LogP contribution >= 0.6 is 0 Å². The third kappa shape index (κ3) is 2.53. The molecule has 25 heavy (non-hydrogen) atoms. The molecule has 3 rings (SSSR count). The molecule has 3 atom stereocenters. The van der Waals surface area contributed by atoms with Gasteiger partial charge in [-0.2, -0.15) is 0 Å². The summed E-state index contributed by atoms with van der Waals surface area (Å²) in [5, 5.41) is 13.9. The first-order valence-electron chi connectivity index (χ1n) is 8.63. The number of amides is 1. The molecule has 136 valence electrons. The zero-order valence-electron chi connectivity index (χ0n) is 14.9. The molecule has 3 N–H and O–H groups in total. The van der Waals surface area contributed by atoms with Crippen LogP contribution in [0.25, 0.3) is 0 Å². The number of benzene rings is 1. The smallest absolute Gasteiger partial charge is 0.272 e. The van der Waals surface area contributed by atoms with Crippen LogP contribution < -0.4 is 11.1 Å². The Hall–Kier alpha value is -1.99. The number of nitro benzene ring substituents is 1. The van der Waals surface area contributed by atoms with Crippen molar-refractivity contribution in [3.8, 4) is 0 Å². The molecule has 1 aromatic rings. The molecule has 1 saturated heterocycles. The number of nitrogens with two attached hydrogens (primary N) is 1. The fourth-order valence-corrected chi connectivity index (χ4v) is 4.42. The third-order valence-electron chi connectivity index (χ3n) is 6.11. The van der Waals surface area contributed by atoms with E-state index in [-0.39, 0.29) is 30.2 Å². The average molecular weight is 347 g/mol. The number of ether oxygens (including phenoxy) is 1. The zero-order valence-corrected chi connectivity index (χ0v) is 14.9. The molecule has 1 aliphatic heterocycles. The van der Waals surface area contributed by atoms with Gasteiger partial charge in [-0.1, -0.05) is 26.0 Å². The lowest BCUT2D eigenvalue weighted by Gasteiger charge is -2.65. The summed E-state index contributed by atoms with van der Waals surface area (Å²) in [4.78, 5) is 23.5. The van der Waals surface area contributed by atoms with Gasteiger partial charge in [-0.05, 0) is 25.3 Å². The van der Waals surface area contributed by atoms with Gasteiger partial charge in [0.05, 0.1) is 11.0 Å².